The second-order valence-corrected chi connectivity index (χ2v) is 8.26. The number of fused-ring (bicyclic) bond motifs is 1. The minimum absolute atomic E-state index is 0.0813. The Labute approximate surface area is 144 Å². The molecule has 0 saturated heterocycles. The van der Waals surface area contributed by atoms with Crippen molar-refractivity contribution in [3.8, 4) is 5.75 Å². The Balaban J connectivity index is 2.09. The summed E-state index contributed by atoms with van der Waals surface area (Å²) in [6.45, 7) is 1.94. The summed E-state index contributed by atoms with van der Waals surface area (Å²) < 4.78 is 33.6. The monoisotopic (exact) mass is 429 g/mol. The van der Waals surface area contributed by atoms with E-state index in [1.165, 1.54) is 4.31 Å². The number of rotatable bonds is 3. The van der Waals surface area contributed by atoms with Crippen molar-refractivity contribution in [2.75, 3.05) is 11.4 Å². The van der Waals surface area contributed by atoms with Gasteiger partial charge in [-0.05, 0) is 65.8 Å². The number of anilines is 1. The fraction of sp³-hybridized carbons (Fsp3) is 0.250. The SMILES string of the molecule is COc1ccc(S(=O)(=O)N2c3ccccc3C[C@@H]2C)cc1I. The molecule has 0 saturated carbocycles. The number of ether oxygens (including phenoxy) is 1. The quantitative estimate of drug-likeness (QED) is 0.703. The van der Waals surface area contributed by atoms with E-state index in [4.69, 9.17) is 4.74 Å². The minimum atomic E-state index is -3.58. The van der Waals surface area contributed by atoms with Crippen LogP contribution in [0.15, 0.2) is 47.4 Å². The van der Waals surface area contributed by atoms with Crippen LogP contribution in [0.2, 0.25) is 0 Å². The number of hydrogen-bond acceptors (Lipinski definition) is 3. The lowest BCUT2D eigenvalue weighted by molar-refractivity contribution is 0.411. The number of nitrogens with zero attached hydrogens (tertiary/aromatic N) is 1. The number of sulfonamides is 1. The van der Waals surface area contributed by atoms with Crippen molar-refractivity contribution in [2.45, 2.75) is 24.3 Å². The molecule has 3 rings (SSSR count). The lowest BCUT2D eigenvalue weighted by atomic mass is 10.1. The fourth-order valence-electron chi connectivity index (χ4n) is 2.82. The average molecular weight is 429 g/mol. The summed E-state index contributed by atoms with van der Waals surface area (Å²) in [4.78, 5) is 0.293. The van der Waals surface area contributed by atoms with Gasteiger partial charge in [-0.2, -0.15) is 0 Å². The van der Waals surface area contributed by atoms with Crippen LogP contribution >= 0.6 is 22.6 Å². The highest BCUT2D eigenvalue weighted by atomic mass is 127. The molecule has 2 aromatic rings. The van der Waals surface area contributed by atoms with E-state index >= 15 is 0 Å². The summed E-state index contributed by atoms with van der Waals surface area (Å²) in [6, 6.07) is 12.5. The molecule has 4 nitrogen and oxygen atoms in total. The third-order valence-corrected chi connectivity index (χ3v) is 6.59. The molecule has 0 N–H and O–H groups in total. The van der Waals surface area contributed by atoms with Crippen LogP contribution in [0.25, 0.3) is 0 Å². The van der Waals surface area contributed by atoms with Gasteiger partial charge in [0.25, 0.3) is 10.0 Å². The van der Waals surface area contributed by atoms with Gasteiger partial charge in [-0.25, -0.2) is 8.42 Å². The molecule has 2 aromatic carbocycles. The van der Waals surface area contributed by atoms with Crippen LogP contribution in [0, 0.1) is 3.57 Å². The molecule has 22 heavy (non-hydrogen) atoms. The van der Waals surface area contributed by atoms with Crippen LogP contribution < -0.4 is 9.04 Å². The minimum Gasteiger partial charge on any atom is -0.496 e. The molecule has 0 amide bonds. The van der Waals surface area contributed by atoms with E-state index in [9.17, 15) is 8.42 Å². The highest BCUT2D eigenvalue weighted by Crippen LogP contribution is 2.37. The first kappa shape index (κ1) is 15.6. The molecule has 0 fully saturated rings. The van der Waals surface area contributed by atoms with Gasteiger partial charge in [-0.3, -0.25) is 4.31 Å². The molecule has 0 radical (unpaired) electrons. The first-order valence-corrected chi connectivity index (χ1v) is 9.43. The van der Waals surface area contributed by atoms with Crippen LogP contribution in [-0.4, -0.2) is 21.6 Å². The van der Waals surface area contributed by atoms with Gasteiger partial charge >= 0.3 is 0 Å². The number of para-hydroxylation sites is 1. The van der Waals surface area contributed by atoms with Gasteiger partial charge in [0.2, 0.25) is 0 Å². The standard InChI is InChI=1S/C16H16INO3S/c1-11-9-12-5-3-4-6-15(12)18(11)22(19,20)13-7-8-16(21-2)14(17)10-13/h3-8,10-11H,9H2,1-2H3/t11-/m0/s1. The summed E-state index contributed by atoms with van der Waals surface area (Å²) in [6.07, 6.45) is 0.739. The molecular weight excluding hydrogens is 413 g/mol. The lowest BCUT2D eigenvalue weighted by Gasteiger charge is -2.24. The van der Waals surface area contributed by atoms with Gasteiger partial charge in [0, 0.05) is 6.04 Å². The van der Waals surface area contributed by atoms with Crippen molar-refractivity contribution in [1.82, 2.24) is 0 Å². The Morgan fingerprint density at radius 3 is 2.64 bits per heavy atom. The Kier molecular flexibility index (Phi) is 4.07. The normalized spacial score (nSPS) is 17.4. The van der Waals surface area contributed by atoms with Crippen LogP contribution in [0.5, 0.6) is 5.75 Å². The fourth-order valence-corrected chi connectivity index (χ4v) is 5.49. The van der Waals surface area contributed by atoms with Crippen LogP contribution in [0.4, 0.5) is 5.69 Å². The van der Waals surface area contributed by atoms with Gasteiger partial charge in [-0.1, -0.05) is 18.2 Å². The van der Waals surface area contributed by atoms with Gasteiger partial charge in [0.05, 0.1) is 21.3 Å². The molecule has 6 heteroatoms. The van der Waals surface area contributed by atoms with Gasteiger partial charge in [-0.15, -0.1) is 0 Å². The topological polar surface area (TPSA) is 46.6 Å². The molecule has 0 aromatic heterocycles. The Morgan fingerprint density at radius 1 is 1.23 bits per heavy atom. The molecule has 0 aliphatic carbocycles. The van der Waals surface area contributed by atoms with E-state index in [-0.39, 0.29) is 6.04 Å². The maximum atomic E-state index is 13.0. The van der Waals surface area contributed by atoms with Crippen LogP contribution in [0.3, 0.4) is 0 Å². The maximum absolute atomic E-state index is 13.0. The molecule has 1 aliphatic rings. The van der Waals surface area contributed by atoms with Gasteiger partial charge in [0.15, 0.2) is 0 Å². The van der Waals surface area contributed by atoms with Gasteiger partial charge < -0.3 is 4.74 Å². The number of benzene rings is 2. The molecule has 116 valence electrons. The summed E-state index contributed by atoms with van der Waals surface area (Å²) in [7, 11) is -2.00. The molecule has 0 bridgehead atoms. The van der Waals surface area contributed by atoms with Crippen molar-refractivity contribution in [1.29, 1.82) is 0 Å². The van der Waals surface area contributed by atoms with E-state index in [0.717, 1.165) is 21.2 Å². The zero-order valence-corrected chi connectivity index (χ0v) is 15.3. The smallest absolute Gasteiger partial charge is 0.264 e. The third kappa shape index (κ3) is 2.48. The third-order valence-electron chi connectivity index (χ3n) is 3.82. The van der Waals surface area contributed by atoms with Crippen molar-refractivity contribution < 1.29 is 13.2 Å². The van der Waals surface area contributed by atoms with Gasteiger partial charge in [0.1, 0.15) is 5.75 Å². The number of methoxy groups -OCH3 is 1. The Bertz CT molecular complexity index is 820. The second kappa shape index (κ2) is 5.73. The summed E-state index contributed by atoms with van der Waals surface area (Å²) in [5, 5.41) is 0. The number of hydrogen-bond donors (Lipinski definition) is 0. The highest BCUT2D eigenvalue weighted by Gasteiger charge is 2.35. The molecule has 1 atom stereocenters. The first-order valence-electron chi connectivity index (χ1n) is 6.91. The molecule has 1 heterocycles. The van der Waals surface area contributed by atoms with Crippen molar-refractivity contribution in [3.63, 3.8) is 0 Å². The van der Waals surface area contributed by atoms with Crippen LogP contribution in [0.1, 0.15) is 12.5 Å². The van der Waals surface area contributed by atoms with Crippen molar-refractivity contribution in [2.24, 2.45) is 0 Å². The predicted octanol–water partition coefficient (Wildman–Crippen LogP) is 3.44. The van der Waals surface area contributed by atoms with Crippen molar-refractivity contribution in [3.05, 3.63) is 51.6 Å². The maximum Gasteiger partial charge on any atom is 0.264 e. The summed E-state index contributed by atoms with van der Waals surface area (Å²) in [5.41, 5.74) is 1.85. The zero-order chi connectivity index (χ0) is 15.9. The Morgan fingerprint density at radius 2 is 1.95 bits per heavy atom. The van der Waals surface area contributed by atoms with E-state index in [1.54, 1.807) is 25.3 Å². The lowest BCUT2D eigenvalue weighted by Crippen LogP contribution is -2.35. The van der Waals surface area contributed by atoms with E-state index in [0.29, 0.717) is 10.6 Å². The average Bonchev–Trinajstić information content (AvgIpc) is 2.83. The molecule has 1 aliphatic heterocycles. The van der Waals surface area contributed by atoms with E-state index in [1.807, 2.05) is 31.2 Å². The predicted molar refractivity (Wildman–Crippen MR) is 95.0 cm³/mol. The molecule has 0 unspecified atom stereocenters. The van der Waals surface area contributed by atoms with Crippen molar-refractivity contribution >= 4 is 38.3 Å². The second-order valence-electron chi connectivity index (χ2n) is 5.28. The molecule has 0 spiro atoms. The summed E-state index contributed by atoms with van der Waals surface area (Å²) >= 11 is 2.09. The zero-order valence-electron chi connectivity index (χ0n) is 12.3. The number of halogens is 1. The Hall–Kier alpha value is -1.28. The van der Waals surface area contributed by atoms with Crippen LogP contribution in [-0.2, 0) is 16.4 Å². The summed E-state index contributed by atoms with van der Waals surface area (Å²) in [5.74, 6) is 0.675. The molecular formula is C16H16INO3S. The van der Waals surface area contributed by atoms with E-state index < -0.39 is 10.0 Å². The largest absolute Gasteiger partial charge is 0.496 e. The highest BCUT2D eigenvalue weighted by molar-refractivity contribution is 14.1. The first-order chi connectivity index (χ1) is 10.4. The van der Waals surface area contributed by atoms with E-state index in [2.05, 4.69) is 22.6 Å².